The number of hydrogen-bond donors (Lipinski definition) is 1. The molecule has 1 aliphatic rings. The first kappa shape index (κ1) is 47.5. The predicted molar refractivity (Wildman–Crippen MR) is 319 cm³/mol. The Morgan fingerprint density at radius 2 is 0.973 bits per heavy atom. The molecule has 11 rings (SSSR count). The minimum Gasteiger partial charge on any atom is -0.355 e. The van der Waals surface area contributed by atoms with Crippen LogP contribution in [0.2, 0.25) is 0 Å². The van der Waals surface area contributed by atoms with Crippen molar-refractivity contribution in [1.82, 2.24) is 0 Å². The van der Waals surface area contributed by atoms with Gasteiger partial charge < -0.3 is 15.1 Å². The molecule has 0 radical (unpaired) electrons. The lowest BCUT2D eigenvalue weighted by Crippen LogP contribution is -2.41. The number of rotatable bonds is 8. The van der Waals surface area contributed by atoms with E-state index in [1.165, 1.54) is 94.0 Å². The van der Waals surface area contributed by atoms with Crippen LogP contribution >= 0.6 is 0 Å². The van der Waals surface area contributed by atoms with Crippen LogP contribution in [-0.2, 0) is 16.2 Å². The molecule has 0 fully saturated rings. The third-order valence-electron chi connectivity index (χ3n) is 15.0. The molecule has 0 saturated carbocycles. The average molecular weight is 948 g/mol. The van der Waals surface area contributed by atoms with Gasteiger partial charge in [0.2, 0.25) is 0 Å². The molecule has 3 nitrogen and oxygen atoms in total. The predicted octanol–water partition coefficient (Wildman–Crippen LogP) is 17.9. The second-order valence-corrected chi connectivity index (χ2v) is 23.3. The third-order valence-corrected chi connectivity index (χ3v) is 15.0. The number of hydrogen-bond acceptors (Lipinski definition) is 3. The van der Waals surface area contributed by atoms with Gasteiger partial charge in [0.25, 0.3) is 0 Å². The first-order valence-electron chi connectivity index (χ1n) is 26.0. The summed E-state index contributed by atoms with van der Waals surface area (Å²) in [5.74, 6) is 0. The molecule has 0 saturated heterocycles. The van der Waals surface area contributed by atoms with Crippen molar-refractivity contribution >= 4 is 85.2 Å². The van der Waals surface area contributed by atoms with Gasteiger partial charge in [0.1, 0.15) is 0 Å². The summed E-state index contributed by atoms with van der Waals surface area (Å²) >= 11 is 0. The highest BCUT2D eigenvalue weighted by Crippen LogP contribution is 2.47. The standard InChI is InChI=1S/C69H66BN3/c1-45-42-48(46-18-12-11-13-19-46)25-40-62(45)73-63-41-38-56(72(54-34-28-51(29-35-54)68(5,6)7)55-36-30-52(31-37-55)69(8,9)10)44-60(63)70-65-59(43-49-21-15-17-23-58(49)66(65)73)64-57-22-16-14-20-47(57)24-39-61(64)71-53-32-26-50(27-33-53)67(2,3)4/h11-44,70-71H,1-10H3. The fourth-order valence-electron chi connectivity index (χ4n) is 10.9. The Morgan fingerprint density at radius 3 is 1.58 bits per heavy atom. The van der Waals surface area contributed by atoms with Crippen molar-refractivity contribution in [1.29, 1.82) is 0 Å². The summed E-state index contributed by atoms with van der Waals surface area (Å²) in [4.78, 5) is 5.02. The Balaban J connectivity index is 1.16. The Bertz CT molecular complexity index is 3610. The molecule has 4 heteroatoms. The molecule has 0 aromatic heterocycles. The molecule has 0 aliphatic carbocycles. The Morgan fingerprint density at radius 1 is 0.438 bits per heavy atom. The van der Waals surface area contributed by atoms with Crippen LogP contribution in [0.4, 0.5) is 45.5 Å². The van der Waals surface area contributed by atoms with Gasteiger partial charge >= 0.3 is 0 Å². The molecule has 1 heterocycles. The van der Waals surface area contributed by atoms with E-state index in [2.05, 4.69) is 291 Å². The quantitative estimate of drug-likeness (QED) is 0.153. The second kappa shape index (κ2) is 18.3. The van der Waals surface area contributed by atoms with Gasteiger partial charge in [-0.15, -0.1) is 0 Å². The van der Waals surface area contributed by atoms with Crippen LogP contribution in [0.3, 0.4) is 0 Å². The molecule has 10 aromatic rings. The van der Waals surface area contributed by atoms with E-state index in [1.54, 1.807) is 0 Å². The lowest BCUT2D eigenvalue weighted by Gasteiger charge is -2.38. The fraction of sp³-hybridized carbons (Fsp3) is 0.188. The van der Waals surface area contributed by atoms with Crippen molar-refractivity contribution in [3.05, 3.63) is 229 Å². The molecule has 360 valence electrons. The SMILES string of the molecule is Cc1cc(-c2ccccc2)ccc1N1c2ccc(N(c3ccc(C(C)(C)C)cc3)c3ccc(C(C)(C)C)cc3)cc2Bc2c(-c3c(Nc4ccc(C(C)(C)C)cc4)ccc4ccccc34)cc3ccccc3c21. The number of benzene rings is 10. The Labute approximate surface area is 434 Å². The molecular weight excluding hydrogens is 882 g/mol. The minimum absolute atomic E-state index is 0.0377. The lowest BCUT2D eigenvalue weighted by molar-refractivity contribution is 0.590. The highest BCUT2D eigenvalue weighted by atomic mass is 15.2. The number of nitrogens with zero attached hydrogens (tertiary/aromatic N) is 2. The van der Waals surface area contributed by atoms with E-state index in [0.29, 0.717) is 0 Å². The Kier molecular flexibility index (Phi) is 11.9. The van der Waals surface area contributed by atoms with Gasteiger partial charge in [0.05, 0.1) is 0 Å². The van der Waals surface area contributed by atoms with E-state index in [-0.39, 0.29) is 16.2 Å². The summed E-state index contributed by atoms with van der Waals surface area (Å²) < 4.78 is 0. The van der Waals surface area contributed by atoms with E-state index in [0.717, 1.165) is 35.7 Å². The van der Waals surface area contributed by atoms with Crippen molar-refractivity contribution in [3.63, 3.8) is 0 Å². The van der Waals surface area contributed by atoms with Crippen LogP contribution in [0, 0.1) is 6.92 Å². The average Bonchev–Trinajstić information content (AvgIpc) is 3.38. The maximum absolute atomic E-state index is 3.96. The van der Waals surface area contributed by atoms with Crippen molar-refractivity contribution in [2.75, 3.05) is 15.1 Å². The van der Waals surface area contributed by atoms with Crippen LogP contribution in [0.1, 0.15) is 84.6 Å². The molecule has 0 unspecified atom stereocenters. The number of aryl methyl sites for hydroxylation is 1. The molecule has 1 N–H and O–H groups in total. The maximum Gasteiger partial charge on any atom is 0.198 e. The molecule has 0 atom stereocenters. The maximum atomic E-state index is 3.96. The molecule has 1 aliphatic heterocycles. The first-order valence-corrected chi connectivity index (χ1v) is 26.0. The molecule has 0 amide bonds. The summed E-state index contributed by atoms with van der Waals surface area (Å²) in [5, 5.41) is 8.82. The largest absolute Gasteiger partial charge is 0.355 e. The topological polar surface area (TPSA) is 18.5 Å². The third kappa shape index (κ3) is 9.10. The van der Waals surface area contributed by atoms with Crippen molar-refractivity contribution in [2.24, 2.45) is 0 Å². The molecule has 73 heavy (non-hydrogen) atoms. The molecule has 10 aromatic carbocycles. The van der Waals surface area contributed by atoms with Crippen LogP contribution in [-0.4, -0.2) is 7.28 Å². The molecular formula is C69H66BN3. The highest BCUT2D eigenvalue weighted by molar-refractivity contribution is 6.74. The van der Waals surface area contributed by atoms with Gasteiger partial charge in [-0.05, 0) is 163 Å². The van der Waals surface area contributed by atoms with Gasteiger partial charge in [-0.25, -0.2) is 0 Å². The van der Waals surface area contributed by atoms with Gasteiger partial charge in [0.15, 0.2) is 7.28 Å². The zero-order valence-electron chi connectivity index (χ0n) is 44.2. The van der Waals surface area contributed by atoms with E-state index in [1.807, 2.05) is 0 Å². The Hall–Kier alpha value is -7.82. The van der Waals surface area contributed by atoms with Crippen molar-refractivity contribution in [3.8, 4) is 22.3 Å². The van der Waals surface area contributed by atoms with Crippen molar-refractivity contribution in [2.45, 2.75) is 85.5 Å². The highest BCUT2D eigenvalue weighted by Gasteiger charge is 2.32. The summed E-state index contributed by atoms with van der Waals surface area (Å²) in [5.41, 5.74) is 21.8. The normalized spacial score (nSPS) is 12.6. The van der Waals surface area contributed by atoms with Gasteiger partial charge in [-0.2, -0.15) is 0 Å². The van der Waals surface area contributed by atoms with Crippen molar-refractivity contribution < 1.29 is 0 Å². The van der Waals surface area contributed by atoms with E-state index in [4.69, 9.17) is 0 Å². The smallest absolute Gasteiger partial charge is 0.198 e. The zero-order valence-corrected chi connectivity index (χ0v) is 44.2. The van der Waals surface area contributed by atoms with E-state index >= 15 is 0 Å². The minimum atomic E-state index is 0.0377. The monoisotopic (exact) mass is 948 g/mol. The van der Waals surface area contributed by atoms with Crippen LogP contribution in [0.15, 0.2) is 206 Å². The van der Waals surface area contributed by atoms with Gasteiger partial charge in [0, 0.05) is 56.4 Å². The zero-order chi connectivity index (χ0) is 50.8. The second-order valence-electron chi connectivity index (χ2n) is 23.3. The number of fused-ring (bicyclic) bond motifs is 5. The van der Waals surface area contributed by atoms with Crippen LogP contribution in [0.25, 0.3) is 43.8 Å². The number of anilines is 8. The van der Waals surface area contributed by atoms with Crippen LogP contribution in [0.5, 0.6) is 0 Å². The van der Waals surface area contributed by atoms with Crippen LogP contribution < -0.4 is 26.0 Å². The van der Waals surface area contributed by atoms with Gasteiger partial charge in [-0.3, -0.25) is 0 Å². The lowest BCUT2D eigenvalue weighted by atomic mass is 9.57. The summed E-state index contributed by atoms with van der Waals surface area (Å²) in [6.45, 7) is 22.8. The number of nitrogens with one attached hydrogen (secondary N) is 1. The van der Waals surface area contributed by atoms with E-state index in [9.17, 15) is 0 Å². The van der Waals surface area contributed by atoms with Gasteiger partial charge in [-0.1, -0.05) is 195 Å². The molecule has 0 spiro atoms. The molecule has 0 bridgehead atoms. The van der Waals surface area contributed by atoms with E-state index < -0.39 is 0 Å². The fourth-order valence-corrected chi connectivity index (χ4v) is 10.9. The summed E-state index contributed by atoms with van der Waals surface area (Å²) in [7, 11) is 0.735. The first-order chi connectivity index (χ1) is 35.0. The summed E-state index contributed by atoms with van der Waals surface area (Å²) in [6, 6.07) is 77.2. The summed E-state index contributed by atoms with van der Waals surface area (Å²) in [6.07, 6.45) is 0.